The van der Waals surface area contributed by atoms with E-state index < -0.39 is 0 Å². The SMILES string of the molecule is Cc1c(C(=O)N2CCN(C(=O)c3ccoc3)CC2)cnn1-c1cccc(Cl)c1. The largest absolute Gasteiger partial charge is 0.472 e. The van der Waals surface area contributed by atoms with E-state index in [0.717, 1.165) is 11.4 Å². The van der Waals surface area contributed by atoms with Crippen LogP contribution in [0.4, 0.5) is 0 Å². The van der Waals surface area contributed by atoms with Crippen molar-refractivity contribution in [2.45, 2.75) is 6.92 Å². The molecule has 7 nitrogen and oxygen atoms in total. The third-order valence-electron chi connectivity index (χ3n) is 4.92. The summed E-state index contributed by atoms with van der Waals surface area (Å²) in [5.41, 5.74) is 2.64. The van der Waals surface area contributed by atoms with Crippen molar-refractivity contribution in [2.75, 3.05) is 26.2 Å². The highest BCUT2D eigenvalue weighted by molar-refractivity contribution is 6.30. The monoisotopic (exact) mass is 398 g/mol. The molecule has 0 saturated carbocycles. The molecule has 3 heterocycles. The number of furan rings is 1. The van der Waals surface area contributed by atoms with Crippen LogP contribution in [0.5, 0.6) is 0 Å². The molecule has 4 rings (SSSR count). The maximum atomic E-state index is 13.0. The van der Waals surface area contributed by atoms with Gasteiger partial charge in [-0.2, -0.15) is 5.10 Å². The first-order valence-corrected chi connectivity index (χ1v) is 9.33. The van der Waals surface area contributed by atoms with Crippen molar-refractivity contribution in [3.8, 4) is 5.69 Å². The van der Waals surface area contributed by atoms with E-state index in [1.165, 1.54) is 12.5 Å². The molecule has 2 amide bonds. The second-order valence-corrected chi connectivity index (χ2v) is 7.07. The van der Waals surface area contributed by atoms with E-state index >= 15 is 0 Å². The predicted molar refractivity (Wildman–Crippen MR) is 104 cm³/mol. The average Bonchev–Trinajstić information content (AvgIpc) is 3.37. The number of benzene rings is 1. The van der Waals surface area contributed by atoms with Gasteiger partial charge in [0.05, 0.1) is 35.0 Å². The maximum Gasteiger partial charge on any atom is 0.257 e. The first kappa shape index (κ1) is 18.3. The molecule has 1 aliphatic heterocycles. The Bertz CT molecular complexity index is 1000. The van der Waals surface area contributed by atoms with Gasteiger partial charge in [-0.3, -0.25) is 9.59 Å². The summed E-state index contributed by atoms with van der Waals surface area (Å²) in [6.45, 7) is 3.78. The van der Waals surface area contributed by atoms with Crippen molar-refractivity contribution in [2.24, 2.45) is 0 Å². The van der Waals surface area contributed by atoms with E-state index in [9.17, 15) is 9.59 Å². The van der Waals surface area contributed by atoms with Crippen LogP contribution in [-0.4, -0.2) is 57.6 Å². The molecule has 0 bridgehead atoms. The van der Waals surface area contributed by atoms with Gasteiger partial charge >= 0.3 is 0 Å². The van der Waals surface area contributed by atoms with Crippen LogP contribution in [0.1, 0.15) is 26.4 Å². The van der Waals surface area contributed by atoms with Gasteiger partial charge in [-0.25, -0.2) is 4.68 Å². The fraction of sp³-hybridized carbons (Fsp3) is 0.250. The lowest BCUT2D eigenvalue weighted by Crippen LogP contribution is -2.50. The molecule has 1 fully saturated rings. The lowest BCUT2D eigenvalue weighted by Gasteiger charge is -2.34. The van der Waals surface area contributed by atoms with Gasteiger partial charge in [-0.1, -0.05) is 17.7 Å². The van der Waals surface area contributed by atoms with Crippen molar-refractivity contribution in [3.05, 3.63) is 70.9 Å². The zero-order valence-corrected chi connectivity index (χ0v) is 16.1. The molecule has 3 aromatic rings. The highest BCUT2D eigenvalue weighted by Gasteiger charge is 2.27. The number of carbonyl (C=O) groups is 2. The van der Waals surface area contributed by atoms with Crippen LogP contribution in [-0.2, 0) is 0 Å². The van der Waals surface area contributed by atoms with Gasteiger partial charge in [-0.15, -0.1) is 0 Å². The minimum atomic E-state index is -0.0822. The number of halogens is 1. The lowest BCUT2D eigenvalue weighted by atomic mass is 10.2. The predicted octanol–water partition coefficient (Wildman–Crippen LogP) is 3.03. The average molecular weight is 399 g/mol. The smallest absolute Gasteiger partial charge is 0.257 e. The second kappa shape index (κ2) is 7.52. The highest BCUT2D eigenvalue weighted by atomic mass is 35.5. The molecule has 1 aliphatic rings. The van der Waals surface area contributed by atoms with E-state index in [4.69, 9.17) is 16.0 Å². The Morgan fingerprint density at radius 2 is 1.79 bits per heavy atom. The van der Waals surface area contributed by atoms with Gasteiger partial charge in [0.25, 0.3) is 11.8 Å². The lowest BCUT2D eigenvalue weighted by molar-refractivity contribution is 0.0534. The molecule has 2 aromatic heterocycles. The van der Waals surface area contributed by atoms with Crippen molar-refractivity contribution >= 4 is 23.4 Å². The first-order chi connectivity index (χ1) is 13.5. The Balaban J connectivity index is 1.45. The van der Waals surface area contributed by atoms with E-state index in [-0.39, 0.29) is 11.8 Å². The number of carbonyl (C=O) groups excluding carboxylic acids is 2. The van der Waals surface area contributed by atoms with Gasteiger partial charge in [0.2, 0.25) is 0 Å². The van der Waals surface area contributed by atoms with Gasteiger partial charge < -0.3 is 14.2 Å². The highest BCUT2D eigenvalue weighted by Crippen LogP contribution is 2.20. The van der Waals surface area contributed by atoms with Crippen LogP contribution in [0.15, 0.2) is 53.5 Å². The summed E-state index contributed by atoms with van der Waals surface area (Å²) >= 11 is 6.06. The van der Waals surface area contributed by atoms with Gasteiger partial charge in [-0.05, 0) is 31.2 Å². The summed E-state index contributed by atoms with van der Waals surface area (Å²) in [5, 5.41) is 4.97. The van der Waals surface area contributed by atoms with Gasteiger partial charge in [0.15, 0.2) is 0 Å². The number of hydrogen-bond acceptors (Lipinski definition) is 4. The van der Waals surface area contributed by atoms with Gasteiger partial charge in [0.1, 0.15) is 6.26 Å². The first-order valence-electron chi connectivity index (χ1n) is 8.96. The van der Waals surface area contributed by atoms with E-state index in [2.05, 4.69) is 5.10 Å². The molecule has 0 radical (unpaired) electrons. The Kier molecular flexibility index (Phi) is 4.92. The van der Waals surface area contributed by atoms with Crippen molar-refractivity contribution in [1.82, 2.24) is 19.6 Å². The minimum absolute atomic E-state index is 0.0780. The summed E-state index contributed by atoms with van der Waals surface area (Å²) in [6, 6.07) is 8.97. The van der Waals surface area contributed by atoms with Crippen LogP contribution in [0, 0.1) is 6.92 Å². The Labute approximate surface area is 167 Å². The molecule has 0 spiro atoms. The normalized spacial score (nSPS) is 14.4. The number of rotatable bonds is 3. The Hall–Kier alpha value is -3.06. The van der Waals surface area contributed by atoms with Crippen LogP contribution < -0.4 is 0 Å². The fourth-order valence-electron chi connectivity index (χ4n) is 3.34. The molecule has 1 saturated heterocycles. The summed E-state index contributed by atoms with van der Waals surface area (Å²) in [5.74, 6) is -0.160. The van der Waals surface area contributed by atoms with Crippen LogP contribution in [0.25, 0.3) is 5.69 Å². The van der Waals surface area contributed by atoms with Gasteiger partial charge in [0, 0.05) is 31.2 Å². The molecule has 28 heavy (non-hydrogen) atoms. The quantitative estimate of drug-likeness (QED) is 0.679. The molecular weight excluding hydrogens is 380 g/mol. The van der Waals surface area contributed by atoms with Crippen molar-refractivity contribution < 1.29 is 14.0 Å². The number of amides is 2. The minimum Gasteiger partial charge on any atom is -0.472 e. The van der Waals surface area contributed by atoms with E-state index in [0.29, 0.717) is 42.3 Å². The topological polar surface area (TPSA) is 71.6 Å². The standard InChI is InChI=1S/C20H19ClN4O3/c1-14-18(12-22-25(14)17-4-2-3-16(21)11-17)20(27)24-8-6-23(7-9-24)19(26)15-5-10-28-13-15/h2-5,10-13H,6-9H2,1H3. The van der Waals surface area contributed by atoms with Crippen LogP contribution in [0.3, 0.4) is 0 Å². The molecule has 0 unspecified atom stereocenters. The second-order valence-electron chi connectivity index (χ2n) is 6.63. The summed E-state index contributed by atoms with van der Waals surface area (Å²) < 4.78 is 6.68. The molecule has 0 atom stereocenters. The maximum absolute atomic E-state index is 13.0. The number of hydrogen-bond donors (Lipinski definition) is 0. The summed E-state index contributed by atoms with van der Waals surface area (Å²) in [6.07, 6.45) is 4.50. The van der Waals surface area contributed by atoms with Crippen LogP contribution >= 0.6 is 11.6 Å². The molecule has 0 aliphatic carbocycles. The molecular formula is C20H19ClN4O3. The zero-order valence-electron chi connectivity index (χ0n) is 15.3. The number of piperazine rings is 1. The number of aromatic nitrogens is 2. The summed E-state index contributed by atoms with van der Waals surface area (Å²) in [7, 11) is 0. The Morgan fingerprint density at radius 3 is 2.43 bits per heavy atom. The van der Waals surface area contributed by atoms with Crippen molar-refractivity contribution in [3.63, 3.8) is 0 Å². The zero-order chi connectivity index (χ0) is 19.7. The molecule has 8 heteroatoms. The van der Waals surface area contributed by atoms with E-state index in [1.807, 2.05) is 19.1 Å². The molecule has 0 N–H and O–H groups in total. The molecule has 1 aromatic carbocycles. The third kappa shape index (κ3) is 3.41. The van der Waals surface area contributed by atoms with E-state index in [1.54, 1.807) is 38.9 Å². The molecule has 144 valence electrons. The summed E-state index contributed by atoms with van der Waals surface area (Å²) in [4.78, 5) is 28.8. The van der Waals surface area contributed by atoms with Crippen LogP contribution in [0.2, 0.25) is 5.02 Å². The fourth-order valence-corrected chi connectivity index (χ4v) is 3.52. The Morgan fingerprint density at radius 1 is 1.07 bits per heavy atom. The third-order valence-corrected chi connectivity index (χ3v) is 5.15. The number of nitrogens with zero attached hydrogens (tertiary/aromatic N) is 4. The van der Waals surface area contributed by atoms with Crippen molar-refractivity contribution in [1.29, 1.82) is 0 Å².